The smallest absolute Gasteiger partial charge is 1.00 e. The molecule has 90 heavy (non-hydrogen) atoms. The average molecular weight is 1420 g/mol. The average Bonchev–Trinajstić information content (AvgIpc) is 1.17. The zero-order valence-electron chi connectivity index (χ0n) is 52.4. The van der Waals surface area contributed by atoms with Gasteiger partial charge in [0.15, 0.2) is 0 Å². The van der Waals surface area contributed by atoms with Crippen LogP contribution in [0.5, 0.6) is 11.5 Å². The monoisotopic (exact) mass is 1410 g/mol. The molecule has 0 unspecified atom stereocenters. The van der Waals surface area contributed by atoms with Crippen molar-refractivity contribution in [2.45, 2.75) is 142 Å². The fraction of sp³-hybridized carbons (Fsp3) is 0.441. The van der Waals surface area contributed by atoms with Gasteiger partial charge < -0.3 is 49.3 Å². The minimum Gasteiger partial charge on any atom is -1.00 e. The van der Waals surface area contributed by atoms with Crippen LogP contribution in [0.25, 0.3) is 55.3 Å². The molecule has 21 nitrogen and oxygen atoms in total. The number of halogens is 7. The van der Waals surface area contributed by atoms with Crippen molar-refractivity contribution in [3.8, 4) is 45.0 Å². The predicted octanol–water partition coefficient (Wildman–Crippen LogP) is 3.53. The zero-order chi connectivity index (χ0) is 63.2. The number of pyridine rings is 2. The maximum absolute atomic E-state index is 13.4. The molecule has 9 heterocycles. The molecule has 2 aromatic carbocycles. The Labute approximate surface area is 614 Å². The number of carbonyl (C=O) groups excluding carboxylic acids is 3. The third-order valence-electron chi connectivity index (χ3n) is 16.2. The second-order valence-electron chi connectivity index (χ2n) is 22.8. The molecule has 0 atom stereocenters. The van der Waals surface area contributed by atoms with Gasteiger partial charge in [-0.3, -0.25) is 33.7 Å². The molecular weight excluding hydrogens is 1350 g/mol. The molecule has 2 saturated carbocycles. The number of aryl methyl sites for hydroxylation is 2. The number of alkyl halides is 6. The summed E-state index contributed by atoms with van der Waals surface area (Å²) in [5.74, 6) is 2.94. The van der Waals surface area contributed by atoms with Gasteiger partial charge >= 0.3 is 123 Å². The largest absolute Gasteiger partial charge is 1.00 e. The minimum atomic E-state index is -4.87. The van der Waals surface area contributed by atoms with Gasteiger partial charge in [-0.2, -0.15) is 10.2 Å². The van der Waals surface area contributed by atoms with Gasteiger partial charge in [0.2, 0.25) is 11.8 Å². The fourth-order valence-electron chi connectivity index (χ4n) is 10.9. The summed E-state index contributed by atoms with van der Waals surface area (Å²) in [6, 6.07) is 9.32. The van der Waals surface area contributed by atoms with E-state index in [2.05, 4.69) is 71.2 Å². The molecule has 13 rings (SSSR count). The standard InChI is InChI=1S/C26H25F3N6O2.C20H21BF3N3O3.C12H16IN3O.CH2O3.2K.H/c1-3-23(36)34-8-9-35-21(14-34)24(32-25(35)15-4-5-15)17-6-7-30-20-10-18(16-12-31-33(2)13-16)22(11-19(17)20)37-26(27,28)29;1-18(2)19(3,4)30-21(29-18)15-6-7-25-16-8-13(12-10-26-27(5)11-12)17(9-14(15)16)28-20(22,23)24;1-2-10(17)15-5-6-16-9(7-15)11(13)14-12(16)8-3-4-8;2-1-4-3;;;/h6-7,10-13,15H,3-5,8-9,14H2,1-2H3;6-11H,1-5H3;8H,2-7H2,1H3;1,3H;;;/q;;;;2*+1;-1/p-1. The van der Waals surface area contributed by atoms with Crippen molar-refractivity contribution < 1.29 is 174 Å². The molecule has 2 amide bonds. The predicted molar refractivity (Wildman–Crippen MR) is 317 cm³/mol. The van der Waals surface area contributed by atoms with E-state index in [0.29, 0.717) is 94.0 Å². The molecule has 2 aliphatic carbocycles. The van der Waals surface area contributed by atoms with Crippen LogP contribution in [0.3, 0.4) is 0 Å². The van der Waals surface area contributed by atoms with E-state index in [-0.39, 0.29) is 145 Å². The number of rotatable bonds is 11. The summed E-state index contributed by atoms with van der Waals surface area (Å²) in [6.45, 7) is 15.4. The third-order valence-corrected chi connectivity index (χ3v) is 17.1. The van der Waals surface area contributed by atoms with E-state index < -0.39 is 31.0 Å². The fourth-order valence-corrected chi connectivity index (χ4v) is 11.6. The normalized spacial score (nSPS) is 16.4. The van der Waals surface area contributed by atoms with Gasteiger partial charge in [-0.05, 0) is 118 Å². The Morgan fingerprint density at radius 2 is 1.14 bits per heavy atom. The van der Waals surface area contributed by atoms with Crippen LogP contribution in [0.4, 0.5) is 26.3 Å². The number of hydrogen-bond donors (Lipinski definition) is 0. The second kappa shape index (κ2) is 29.1. The van der Waals surface area contributed by atoms with Crippen molar-refractivity contribution in [1.82, 2.24) is 58.4 Å². The molecule has 0 spiro atoms. The molecule has 5 aliphatic rings. The molecular formula is C59H64BF6IK2N12O9. The SMILES string of the molecule is CCC(=O)N1CCn2c(C3CC3)nc(-c3ccnc4cc(-c5cnn(C)c5)c(OC(F)(F)F)cc34)c2C1.CCC(=O)N1CCn2c(C3CC3)nc(I)c2C1.Cn1cc(-c2cc3nccc(B4OC(C)(C)C(C)(C)O4)c3cc2OC(F)(F)F)cn1.O=CO[O-].[H-].[K+].[K+]. The Bertz CT molecular complexity index is 3920. The van der Waals surface area contributed by atoms with Crippen LogP contribution < -0.4 is 123 Å². The van der Waals surface area contributed by atoms with Crippen molar-refractivity contribution in [2.75, 3.05) is 13.1 Å². The topological polar surface area (TPSA) is 224 Å². The molecule has 8 aromatic rings. The maximum Gasteiger partial charge on any atom is 1.00 e. The van der Waals surface area contributed by atoms with E-state index in [1.165, 1.54) is 58.3 Å². The first-order chi connectivity index (χ1) is 41.7. The maximum atomic E-state index is 13.4. The van der Waals surface area contributed by atoms with E-state index in [1.807, 2.05) is 51.3 Å². The molecule has 3 fully saturated rings. The quantitative estimate of drug-likeness (QED) is 0.0451. The summed E-state index contributed by atoms with van der Waals surface area (Å²) in [6.07, 6.45) is 5.38. The van der Waals surface area contributed by atoms with Crippen LogP contribution >= 0.6 is 22.6 Å². The van der Waals surface area contributed by atoms with Gasteiger partial charge in [-0.25, -0.2) is 9.97 Å². The number of hydrogen-bond acceptors (Lipinski definition) is 15. The van der Waals surface area contributed by atoms with Gasteiger partial charge in [0.05, 0.1) is 64.8 Å². The first kappa shape index (κ1) is 71.5. The van der Waals surface area contributed by atoms with Gasteiger partial charge in [0, 0.05) is 128 Å². The molecule has 31 heteroatoms. The summed E-state index contributed by atoms with van der Waals surface area (Å²) in [5.41, 5.74) is 5.35. The van der Waals surface area contributed by atoms with Gasteiger partial charge in [-0.1, -0.05) is 13.8 Å². The van der Waals surface area contributed by atoms with E-state index >= 15 is 0 Å². The van der Waals surface area contributed by atoms with Crippen LogP contribution in [0, 0.1) is 3.70 Å². The number of nitrogens with zero attached hydrogens (tertiary/aromatic N) is 12. The number of aromatic nitrogens is 10. The van der Waals surface area contributed by atoms with Crippen molar-refractivity contribution >= 4 is 75.3 Å². The Hall–Kier alpha value is -4.36. The first-order valence-corrected chi connectivity index (χ1v) is 29.6. The van der Waals surface area contributed by atoms with Gasteiger partial charge in [0.1, 0.15) is 26.8 Å². The summed E-state index contributed by atoms with van der Waals surface area (Å²) < 4.78 is 109. The summed E-state index contributed by atoms with van der Waals surface area (Å²) in [7, 11) is 2.63. The first-order valence-electron chi connectivity index (χ1n) is 28.5. The summed E-state index contributed by atoms with van der Waals surface area (Å²) >= 11 is 2.30. The molecule has 3 aliphatic heterocycles. The number of fused-ring (bicyclic) bond motifs is 4. The third kappa shape index (κ3) is 16.2. The van der Waals surface area contributed by atoms with Crippen molar-refractivity contribution in [2.24, 2.45) is 14.1 Å². The van der Waals surface area contributed by atoms with Gasteiger partial charge in [-0.15, -0.1) is 26.3 Å². The van der Waals surface area contributed by atoms with Crippen molar-refractivity contribution in [3.63, 3.8) is 0 Å². The molecule has 0 bridgehead atoms. The van der Waals surface area contributed by atoms with E-state index in [9.17, 15) is 35.9 Å². The van der Waals surface area contributed by atoms with E-state index in [1.54, 1.807) is 63.1 Å². The molecule has 0 radical (unpaired) electrons. The number of carbonyl (C=O) groups is 3. The number of imidazole rings is 2. The van der Waals surface area contributed by atoms with Crippen molar-refractivity contribution in [3.05, 3.63) is 100 Å². The van der Waals surface area contributed by atoms with Crippen LogP contribution in [-0.4, -0.2) is 121 Å². The van der Waals surface area contributed by atoms with Crippen LogP contribution in [-0.2, 0) is 68.9 Å². The summed E-state index contributed by atoms with van der Waals surface area (Å²) in [5, 5.41) is 17.5. The van der Waals surface area contributed by atoms with Crippen LogP contribution in [0.15, 0.2) is 73.6 Å². The zero-order valence-corrected chi connectivity index (χ0v) is 59.8. The Balaban J connectivity index is 0.000000195. The summed E-state index contributed by atoms with van der Waals surface area (Å²) in [4.78, 5) is 57.7. The van der Waals surface area contributed by atoms with Gasteiger partial charge in [0.25, 0.3) is 6.47 Å². The van der Waals surface area contributed by atoms with Crippen LogP contribution in [0.2, 0.25) is 0 Å². The molecule has 0 N–H and O–H groups in total. The molecule has 1 saturated heterocycles. The number of benzene rings is 2. The van der Waals surface area contributed by atoms with Crippen LogP contribution in [0.1, 0.15) is 116 Å². The minimum absolute atomic E-state index is 0. The van der Waals surface area contributed by atoms with E-state index in [4.69, 9.17) is 24.3 Å². The Morgan fingerprint density at radius 1 is 0.700 bits per heavy atom. The Morgan fingerprint density at radius 3 is 1.59 bits per heavy atom. The van der Waals surface area contributed by atoms with Crippen molar-refractivity contribution in [1.29, 1.82) is 0 Å². The second-order valence-corrected chi connectivity index (χ2v) is 23.9. The number of amides is 2. The Kier molecular flexibility index (Phi) is 23.1. The molecule has 6 aromatic heterocycles. The number of ether oxygens (including phenoxy) is 2. The molecule has 468 valence electrons. The van der Waals surface area contributed by atoms with E-state index in [0.717, 1.165) is 47.7 Å².